The molecular formula is C18H20N2O2S. The van der Waals surface area contributed by atoms with E-state index in [-0.39, 0.29) is 17.1 Å². The Morgan fingerprint density at radius 3 is 2.09 bits per heavy atom. The van der Waals surface area contributed by atoms with Gasteiger partial charge in [0.1, 0.15) is 0 Å². The first-order valence-electron chi connectivity index (χ1n) is 7.36. The Morgan fingerprint density at radius 2 is 1.52 bits per heavy atom. The minimum atomic E-state index is -0.247. The smallest absolute Gasteiger partial charge is 0.237 e. The van der Waals surface area contributed by atoms with Crippen molar-refractivity contribution in [3.05, 3.63) is 54.1 Å². The number of rotatable bonds is 5. The summed E-state index contributed by atoms with van der Waals surface area (Å²) < 4.78 is 0. The van der Waals surface area contributed by atoms with Gasteiger partial charge in [-0.3, -0.25) is 9.59 Å². The molecule has 0 aliphatic rings. The van der Waals surface area contributed by atoms with Crippen molar-refractivity contribution in [1.29, 1.82) is 0 Å². The van der Waals surface area contributed by atoms with Crippen LogP contribution in [0.25, 0.3) is 0 Å². The van der Waals surface area contributed by atoms with Crippen molar-refractivity contribution in [2.75, 3.05) is 10.6 Å². The number of nitrogens with one attached hydrogen (secondary N) is 2. The number of anilines is 2. The van der Waals surface area contributed by atoms with Crippen LogP contribution in [-0.2, 0) is 9.59 Å². The van der Waals surface area contributed by atoms with Crippen LogP contribution in [-0.4, -0.2) is 17.1 Å². The molecule has 0 radical (unpaired) electrons. The van der Waals surface area contributed by atoms with Gasteiger partial charge in [-0.1, -0.05) is 29.8 Å². The highest BCUT2D eigenvalue weighted by atomic mass is 32.2. The van der Waals surface area contributed by atoms with E-state index < -0.39 is 0 Å². The molecule has 2 rings (SSSR count). The molecule has 4 nitrogen and oxygen atoms in total. The van der Waals surface area contributed by atoms with E-state index >= 15 is 0 Å². The van der Waals surface area contributed by atoms with Crippen LogP contribution in [0.4, 0.5) is 11.4 Å². The zero-order valence-electron chi connectivity index (χ0n) is 13.4. The average molecular weight is 328 g/mol. The summed E-state index contributed by atoms with van der Waals surface area (Å²) in [5, 5.41) is 5.34. The van der Waals surface area contributed by atoms with E-state index in [0.717, 1.165) is 4.90 Å². The highest BCUT2D eigenvalue weighted by Gasteiger charge is 2.16. The number of carbonyl (C=O) groups excluding carboxylic acids is 2. The van der Waals surface area contributed by atoms with E-state index in [9.17, 15) is 9.59 Å². The van der Waals surface area contributed by atoms with Crippen molar-refractivity contribution < 1.29 is 9.59 Å². The van der Waals surface area contributed by atoms with E-state index in [1.807, 2.05) is 50.2 Å². The van der Waals surface area contributed by atoms with Crippen molar-refractivity contribution in [3.8, 4) is 0 Å². The van der Waals surface area contributed by atoms with Crippen molar-refractivity contribution in [1.82, 2.24) is 0 Å². The SMILES string of the molecule is CC(=O)Nc1ccccc1NC(=O)[C@@H](C)Sc1ccc(C)cc1. The summed E-state index contributed by atoms with van der Waals surface area (Å²) in [6, 6.07) is 15.2. The van der Waals surface area contributed by atoms with Crippen LogP contribution < -0.4 is 10.6 Å². The number of aryl methyl sites for hydroxylation is 1. The van der Waals surface area contributed by atoms with Gasteiger partial charge in [0.15, 0.2) is 0 Å². The van der Waals surface area contributed by atoms with Crippen molar-refractivity contribution in [3.63, 3.8) is 0 Å². The van der Waals surface area contributed by atoms with Crippen molar-refractivity contribution in [2.45, 2.75) is 30.9 Å². The third-order valence-electron chi connectivity index (χ3n) is 3.20. The summed E-state index contributed by atoms with van der Waals surface area (Å²) in [7, 11) is 0. The molecular weight excluding hydrogens is 308 g/mol. The summed E-state index contributed by atoms with van der Waals surface area (Å²) in [5.41, 5.74) is 2.39. The van der Waals surface area contributed by atoms with Gasteiger partial charge in [-0.15, -0.1) is 11.8 Å². The highest BCUT2D eigenvalue weighted by Crippen LogP contribution is 2.26. The van der Waals surface area contributed by atoms with Gasteiger partial charge in [0, 0.05) is 11.8 Å². The second-order valence-electron chi connectivity index (χ2n) is 5.29. The van der Waals surface area contributed by atoms with Crippen LogP contribution in [0, 0.1) is 6.92 Å². The second kappa shape index (κ2) is 7.83. The van der Waals surface area contributed by atoms with Crippen molar-refractivity contribution >= 4 is 35.0 Å². The Kier molecular flexibility index (Phi) is 5.82. The molecule has 0 aliphatic heterocycles. The number of thioether (sulfide) groups is 1. The lowest BCUT2D eigenvalue weighted by molar-refractivity contribution is -0.116. The summed E-state index contributed by atoms with van der Waals surface area (Å²) in [6.07, 6.45) is 0. The lowest BCUT2D eigenvalue weighted by atomic mass is 10.2. The molecule has 0 aromatic heterocycles. The third-order valence-corrected chi connectivity index (χ3v) is 4.31. The maximum Gasteiger partial charge on any atom is 0.237 e. The Morgan fingerprint density at radius 1 is 0.957 bits per heavy atom. The quantitative estimate of drug-likeness (QED) is 0.813. The first-order valence-corrected chi connectivity index (χ1v) is 8.24. The van der Waals surface area contributed by atoms with Crippen LogP contribution in [0.2, 0.25) is 0 Å². The zero-order valence-corrected chi connectivity index (χ0v) is 14.2. The summed E-state index contributed by atoms with van der Waals surface area (Å²) in [6.45, 7) is 5.33. The number of para-hydroxylation sites is 2. The van der Waals surface area contributed by atoms with E-state index in [1.54, 1.807) is 12.1 Å². The fourth-order valence-corrected chi connectivity index (χ4v) is 2.87. The molecule has 0 saturated heterocycles. The lowest BCUT2D eigenvalue weighted by Gasteiger charge is -2.15. The van der Waals surface area contributed by atoms with Gasteiger partial charge in [-0.05, 0) is 38.1 Å². The van der Waals surface area contributed by atoms with Crippen molar-refractivity contribution in [2.24, 2.45) is 0 Å². The van der Waals surface area contributed by atoms with E-state index in [4.69, 9.17) is 0 Å². The molecule has 0 aliphatic carbocycles. The first kappa shape index (κ1) is 17.1. The van der Waals surface area contributed by atoms with Crippen LogP contribution in [0.15, 0.2) is 53.4 Å². The van der Waals surface area contributed by atoms with Gasteiger partial charge in [-0.25, -0.2) is 0 Å². The van der Waals surface area contributed by atoms with Crippen LogP contribution in [0.1, 0.15) is 19.4 Å². The van der Waals surface area contributed by atoms with Crippen LogP contribution in [0.5, 0.6) is 0 Å². The van der Waals surface area contributed by atoms with Gasteiger partial charge < -0.3 is 10.6 Å². The van der Waals surface area contributed by atoms with E-state index in [2.05, 4.69) is 10.6 Å². The van der Waals surface area contributed by atoms with E-state index in [1.165, 1.54) is 24.2 Å². The van der Waals surface area contributed by atoms with Gasteiger partial charge in [0.25, 0.3) is 0 Å². The van der Waals surface area contributed by atoms with Crippen LogP contribution >= 0.6 is 11.8 Å². The molecule has 2 amide bonds. The third kappa shape index (κ3) is 5.14. The summed E-state index contributed by atoms with van der Waals surface area (Å²) in [5.74, 6) is -0.276. The molecule has 2 aromatic rings. The standard InChI is InChI=1S/C18H20N2O2S/c1-12-8-10-15(11-9-12)23-13(2)18(22)20-17-7-5-4-6-16(17)19-14(3)21/h4-11,13H,1-3H3,(H,19,21)(H,20,22)/t13-/m1/s1. The van der Waals surface area contributed by atoms with Gasteiger partial charge >= 0.3 is 0 Å². The van der Waals surface area contributed by atoms with Gasteiger partial charge in [0.05, 0.1) is 16.6 Å². The predicted molar refractivity (Wildman–Crippen MR) is 95.9 cm³/mol. The average Bonchev–Trinajstić information content (AvgIpc) is 2.51. The Hall–Kier alpha value is -2.27. The maximum absolute atomic E-state index is 12.4. The molecule has 2 N–H and O–H groups in total. The Labute approximate surface area is 140 Å². The number of hydrogen-bond donors (Lipinski definition) is 2. The maximum atomic E-state index is 12.4. The molecule has 120 valence electrons. The van der Waals surface area contributed by atoms with Gasteiger partial charge in [-0.2, -0.15) is 0 Å². The molecule has 0 heterocycles. The molecule has 2 aromatic carbocycles. The minimum Gasteiger partial charge on any atom is -0.325 e. The molecule has 0 fully saturated rings. The largest absolute Gasteiger partial charge is 0.325 e. The number of amides is 2. The Bertz CT molecular complexity index is 698. The Balaban J connectivity index is 2.03. The molecule has 0 unspecified atom stereocenters. The zero-order chi connectivity index (χ0) is 16.8. The fraction of sp³-hybridized carbons (Fsp3) is 0.222. The summed E-state index contributed by atoms with van der Waals surface area (Å²) in [4.78, 5) is 24.7. The lowest BCUT2D eigenvalue weighted by Crippen LogP contribution is -2.23. The molecule has 0 bridgehead atoms. The molecule has 0 spiro atoms. The fourth-order valence-electron chi connectivity index (χ4n) is 2.00. The number of hydrogen-bond acceptors (Lipinski definition) is 3. The molecule has 5 heteroatoms. The monoisotopic (exact) mass is 328 g/mol. The molecule has 23 heavy (non-hydrogen) atoms. The first-order chi connectivity index (χ1) is 11.0. The minimum absolute atomic E-state index is 0.103. The van der Waals surface area contributed by atoms with Crippen LogP contribution in [0.3, 0.4) is 0 Å². The van der Waals surface area contributed by atoms with E-state index in [0.29, 0.717) is 11.4 Å². The number of carbonyl (C=O) groups is 2. The molecule has 0 saturated carbocycles. The van der Waals surface area contributed by atoms with Gasteiger partial charge in [0.2, 0.25) is 11.8 Å². The highest BCUT2D eigenvalue weighted by molar-refractivity contribution is 8.00. The predicted octanol–water partition coefficient (Wildman–Crippen LogP) is 4.07. The second-order valence-corrected chi connectivity index (χ2v) is 6.70. The number of benzene rings is 2. The summed E-state index contributed by atoms with van der Waals surface area (Å²) >= 11 is 1.50. The molecule has 1 atom stereocenters. The topological polar surface area (TPSA) is 58.2 Å². The normalized spacial score (nSPS) is 11.6.